The molecule has 0 aliphatic carbocycles. The topological polar surface area (TPSA) is 106 Å². The van der Waals surface area contributed by atoms with Gasteiger partial charge < -0.3 is 0 Å². The smallest absolute Gasteiger partial charge is 0.282 e. The Morgan fingerprint density at radius 1 is 0.677 bits per heavy atom. The zero-order valence-electron chi connectivity index (χ0n) is 16.5. The number of rotatable bonds is 3. The number of hydrogen-bond acceptors (Lipinski definition) is 6. The van der Waals surface area contributed by atoms with Crippen molar-refractivity contribution in [3.8, 4) is 22.8 Å². The van der Waals surface area contributed by atoms with Gasteiger partial charge in [0.2, 0.25) is 0 Å². The number of nitrogens with zero attached hydrogens (tertiary/aromatic N) is 4. The Balaban J connectivity index is 0.00000231. The van der Waals surface area contributed by atoms with E-state index in [-0.39, 0.29) is 34.5 Å². The fourth-order valence-electron chi connectivity index (χ4n) is 3.30. The Labute approximate surface area is 200 Å². The molecule has 1 radical (unpaired) electrons. The summed E-state index contributed by atoms with van der Waals surface area (Å²) in [6.45, 7) is 0. The Morgan fingerprint density at radius 3 is 1.71 bits per heavy atom. The van der Waals surface area contributed by atoms with E-state index in [2.05, 4.69) is 9.97 Å². The molecule has 0 bridgehead atoms. The average molecular weight is 437 g/mol. The molecule has 0 aliphatic heterocycles. The summed E-state index contributed by atoms with van der Waals surface area (Å²) in [6.07, 6.45) is 3.38. The summed E-state index contributed by atoms with van der Waals surface area (Å²) < 4.78 is 32.3. The molecular weight excluding hydrogens is 423 g/mol. The third kappa shape index (κ3) is 4.21. The van der Waals surface area contributed by atoms with Gasteiger partial charge in [0.15, 0.2) is 0 Å². The van der Waals surface area contributed by atoms with Gasteiger partial charge in [0, 0.05) is 42.0 Å². The van der Waals surface area contributed by atoms with Crippen molar-refractivity contribution >= 4 is 61.5 Å². The fraction of sp³-hybridized carbons (Fsp3) is 0. The van der Waals surface area contributed by atoms with Crippen LogP contribution in [0.2, 0.25) is 0 Å². The van der Waals surface area contributed by atoms with Gasteiger partial charge in [-0.3, -0.25) is 14.5 Å². The molecule has 0 atom stereocenters. The van der Waals surface area contributed by atoms with Gasteiger partial charge in [0.1, 0.15) is 11.4 Å². The summed E-state index contributed by atoms with van der Waals surface area (Å²) in [7, 11) is -4.30. The molecule has 2 aromatic carbocycles. The first kappa shape index (κ1) is 21.5. The van der Waals surface area contributed by atoms with Crippen LogP contribution in [-0.2, 0) is 10.1 Å². The summed E-state index contributed by atoms with van der Waals surface area (Å²) in [5.74, 6) is 0. The van der Waals surface area contributed by atoms with Gasteiger partial charge in [-0.05, 0) is 59.3 Å². The number of fused-ring (bicyclic) bond motifs is 2. The largest absolute Gasteiger partial charge is 0.294 e. The Hall–Kier alpha value is -2.75. The first-order valence-corrected chi connectivity index (χ1v) is 10.5. The van der Waals surface area contributed by atoms with Crippen LogP contribution in [0.25, 0.3) is 44.6 Å². The van der Waals surface area contributed by atoms with E-state index in [1.54, 1.807) is 24.5 Å². The van der Waals surface area contributed by atoms with E-state index < -0.39 is 10.1 Å². The summed E-state index contributed by atoms with van der Waals surface area (Å²) >= 11 is 0. The second kappa shape index (κ2) is 8.41. The molecule has 3 heterocycles. The molecular formula is C22H14N4NaO3S. The molecule has 0 fully saturated rings. The molecule has 5 rings (SSSR count). The monoisotopic (exact) mass is 437 g/mol. The standard InChI is InChI=1S/C22H14N4O3S.Na/c27-30(28,29)16-8-7-14-12-19-20(13-15(14)11-16)26-22(18-6-2-4-10-24-18)21(25-19)17-5-1-3-9-23-17;/h1-13H,(H,27,28,29);. The van der Waals surface area contributed by atoms with E-state index in [9.17, 15) is 13.0 Å². The van der Waals surface area contributed by atoms with Crippen molar-refractivity contribution in [3.63, 3.8) is 0 Å². The molecule has 147 valence electrons. The van der Waals surface area contributed by atoms with Crippen LogP contribution in [0.15, 0.2) is 84.0 Å². The fourth-order valence-corrected chi connectivity index (χ4v) is 3.82. The number of pyridine rings is 2. The Bertz CT molecular complexity index is 1510. The second-order valence-corrected chi connectivity index (χ2v) is 8.10. The minimum Gasteiger partial charge on any atom is -0.282 e. The number of aromatic nitrogens is 4. The van der Waals surface area contributed by atoms with Crippen LogP contribution >= 0.6 is 0 Å². The van der Waals surface area contributed by atoms with Crippen molar-refractivity contribution in [1.82, 2.24) is 19.9 Å². The molecule has 0 aliphatic rings. The predicted octanol–water partition coefficient (Wildman–Crippen LogP) is 3.77. The SMILES string of the molecule is O=S(=O)(O)c1ccc2cc3nc(-c4ccccn4)c(-c4ccccn4)nc3cc2c1.[Na]. The third-order valence-corrected chi connectivity index (χ3v) is 5.56. The second-order valence-electron chi connectivity index (χ2n) is 6.68. The molecule has 5 aromatic rings. The van der Waals surface area contributed by atoms with Crippen LogP contribution in [0.3, 0.4) is 0 Å². The summed E-state index contributed by atoms with van der Waals surface area (Å²) in [6, 6.07) is 19.1. The first-order chi connectivity index (χ1) is 14.5. The third-order valence-electron chi connectivity index (χ3n) is 4.71. The maximum atomic E-state index is 11.5. The molecule has 31 heavy (non-hydrogen) atoms. The van der Waals surface area contributed by atoms with Gasteiger partial charge in [-0.15, -0.1) is 0 Å². The van der Waals surface area contributed by atoms with Crippen molar-refractivity contribution in [2.75, 3.05) is 0 Å². The predicted molar refractivity (Wildman–Crippen MR) is 119 cm³/mol. The van der Waals surface area contributed by atoms with Gasteiger partial charge in [-0.25, -0.2) is 9.97 Å². The summed E-state index contributed by atoms with van der Waals surface area (Å²) in [4.78, 5) is 18.3. The zero-order chi connectivity index (χ0) is 20.7. The van der Waals surface area contributed by atoms with Crippen LogP contribution in [0.4, 0.5) is 0 Å². The van der Waals surface area contributed by atoms with Crippen LogP contribution in [0.1, 0.15) is 0 Å². The normalized spacial score (nSPS) is 11.4. The molecule has 7 nitrogen and oxygen atoms in total. The number of hydrogen-bond donors (Lipinski definition) is 1. The molecule has 0 spiro atoms. The van der Waals surface area contributed by atoms with Crippen molar-refractivity contribution in [1.29, 1.82) is 0 Å². The van der Waals surface area contributed by atoms with Gasteiger partial charge in [-0.1, -0.05) is 18.2 Å². The van der Waals surface area contributed by atoms with Gasteiger partial charge >= 0.3 is 0 Å². The van der Waals surface area contributed by atoms with Crippen LogP contribution in [0.5, 0.6) is 0 Å². The van der Waals surface area contributed by atoms with Crippen molar-refractivity contribution in [2.24, 2.45) is 0 Å². The van der Waals surface area contributed by atoms with Crippen molar-refractivity contribution in [3.05, 3.63) is 79.1 Å². The summed E-state index contributed by atoms with van der Waals surface area (Å²) in [5.41, 5.74) is 3.73. The van der Waals surface area contributed by atoms with Crippen LogP contribution < -0.4 is 0 Å². The molecule has 0 amide bonds. The molecule has 1 N–H and O–H groups in total. The van der Waals surface area contributed by atoms with E-state index in [0.717, 1.165) is 5.39 Å². The maximum absolute atomic E-state index is 11.5. The van der Waals surface area contributed by atoms with E-state index >= 15 is 0 Å². The van der Waals surface area contributed by atoms with Crippen LogP contribution in [-0.4, -0.2) is 62.5 Å². The summed E-state index contributed by atoms with van der Waals surface area (Å²) in [5, 5.41) is 1.41. The van der Waals surface area contributed by atoms with E-state index in [1.807, 2.05) is 42.5 Å². The number of benzene rings is 2. The molecule has 3 aromatic heterocycles. The molecule has 0 unspecified atom stereocenters. The van der Waals surface area contributed by atoms with Crippen molar-refractivity contribution < 1.29 is 13.0 Å². The van der Waals surface area contributed by atoms with E-state index in [4.69, 9.17) is 9.97 Å². The van der Waals surface area contributed by atoms with E-state index in [1.165, 1.54) is 12.1 Å². The minimum atomic E-state index is -4.30. The van der Waals surface area contributed by atoms with Gasteiger partial charge in [-0.2, -0.15) is 8.42 Å². The molecule has 9 heteroatoms. The first-order valence-electron chi connectivity index (χ1n) is 9.05. The van der Waals surface area contributed by atoms with Gasteiger partial charge in [0.25, 0.3) is 10.1 Å². The van der Waals surface area contributed by atoms with Crippen molar-refractivity contribution in [2.45, 2.75) is 4.90 Å². The van der Waals surface area contributed by atoms with E-state index in [0.29, 0.717) is 39.2 Å². The Kier molecular flexibility index (Phi) is 5.83. The van der Waals surface area contributed by atoms with Crippen LogP contribution in [0, 0.1) is 0 Å². The minimum absolute atomic E-state index is 0. The molecule has 0 saturated heterocycles. The van der Waals surface area contributed by atoms with Gasteiger partial charge in [0.05, 0.1) is 27.3 Å². The zero-order valence-corrected chi connectivity index (χ0v) is 19.3. The molecule has 0 saturated carbocycles. The average Bonchev–Trinajstić information content (AvgIpc) is 2.77. The Morgan fingerprint density at radius 2 is 1.23 bits per heavy atom. The quantitative estimate of drug-likeness (QED) is 0.260. The maximum Gasteiger partial charge on any atom is 0.294 e.